The Bertz CT molecular complexity index is 997. The molecule has 0 spiro atoms. The fourth-order valence-corrected chi connectivity index (χ4v) is 3.88. The minimum absolute atomic E-state index is 0.0611. The zero-order valence-electron chi connectivity index (χ0n) is 15.4. The number of para-hydroxylation sites is 1. The first-order valence-corrected chi connectivity index (χ1v) is 10.2. The number of hydrogen-bond donors (Lipinski definition) is 2. The Hall–Kier alpha value is -2.30. The summed E-state index contributed by atoms with van der Waals surface area (Å²) in [6.45, 7) is 3.28. The van der Waals surface area contributed by atoms with Crippen molar-refractivity contribution in [3.8, 4) is 5.75 Å². The van der Waals surface area contributed by atoms with E-state index in [1.807, 2.05) is 0 Å². The highest BCUT2D eigenvalue weighted by molar-refractivity contribution is 7.89. The first kappa shape index (κ1) is 23.0. The third-order valence-electron chi connectivity index (χ3n) is 3.73. The Balaban J connectivity index is 2.16. The van der Waals surface area contributed by atoms with Crippen LogP contribution in [-0.2, 0) is 21.0 Å². The van der Waals surface area contributed by atoms with Gasteiger partial charge in [0.1, 0.15) is 5.75 Å². The van der Waals surface area contributed by atoms with E-state index in [1.54, 1.807) is 6.92 Å². The average Bonchev–Trinajstić information content (AvgIpc) is 2.62. The number of sulfonamides is 1. The molecule has 0 aliphatic carbocycles. The number of nitrogens with one attached hydrogen (secondary N) is 2. The molecule has 1 atom stereocenters. The molecule has 0 radical (unpaired) electrons. The third kappa shape index (κ3) is 5.84. The minimum Gasteiger partial charge on any atom is -0.492 e. The van der Waals surface area contributed by atoms with E-state index in [0.717, 1.165) is 18.2 Å². The van der Waals surface area contributed by atoms with Gasteiger partial charge in [0.05, 0.1) is 33.8 Å². The number of carbonyl (C=O) groups is 1. The number of amides is 1. The van der Waals surface area contributed by atoms with Crippen molar-refractivity contribution in [2.45, 2.75) is 31.0 Å². The zero-order valence-corrected chi connectivity index (χ0v) is 17.0. The van der Waals surface area contributed by atoms with Crippen molar-refractivity contribution >= 4 is 33.2 Å². The number of carbonyl (C=O) groups excluding carboxylic acids is 1. The van der Waals surface area contributed by atoms with Crippen LogP contribution in [0.25, 0.3) is 0 Å². The number of benzene rings is 2. The molecule has 0 bridgehead atoms. The average molecular weight is 451 g/mol. The summed E-state index contributed by atoms with van der Waals surface area (Å²) in [6.07, 6.45) is -4.67. The van der Waals surface area contributed by atoms with Crippen molar-refractivity contribution in [1.29, 1.82) is 0 Å². The van der Waals surface area contributed by atoms with Gasteiger partial charge in [0, 0.05) is 0 Å². The summed E-state index contributed by atoms with van der Waals surface area (Å²) >= 11 is 5.98. The Kier molecular flexibility index (Phi) is 7.15. The number of alkyl halides is 3. The molecule has 0 unspecified atom stereocenters. The fourth-order valence-electron chi connectivity index (χ4n) is 2.36. The smallest absolute Gasteiger partial charge is 0.418 e. The molecule has 2 N–H and O–H groups in total. The lowest BCUT2D eigenvalue weighted by Gasteiger charge is -2.17. The Labute approximate surface area is 171 Å². The van der Waals surface area contributed by atoms with Gasteiger partial charge in [-0.15, -0.1) is 0 Å². The normalized spacial score (nSPS) is 13.0. The second kappa shape index (κ2) is 9.02. The number of rotatable bonds is 7. The Morgan fingerprint density at radius 3 is 2.45 bits per heavy atom. The highest BCUT2D eigenvalue weighted by Gasteiger charge is 2.34. The highest BCUT2D eigenvalue weighted by Crippen LogP contribution is 2.34. The van der Waals surface area contributed by atoms with Crippen molar-refractivity contribution < 1.29 is 31.1 Å². The Morgan fingerprint density at radius 2 is 1.86 bits per heavy atom. The number of halogens is 4. The van der Waals surface area contributed by atoms with E-state index < -0.39 is 39.4 Å². The molecule has 0 saturated heterocycles. The zero-order chi connectivity index (χ0) is 21.8. The van der Waals surface area contributed by atoms with Crippen molar-refractivity contribution in [1.82, 2.24) is 4.72 Å². The second-order valence-corrected chi connectivity index (χ2v) is 8.02. The van der Waals surface area contributed by atoms with Crippen LogP contribution < -0.4 is 14.8 Å². The van der Waals surface area contributed by atoms with Crippen molar-refractivity contribution in [2.75, 3.05) is 11.9 Å². The number of ether oxygens (including phenoxy) is 1. The van der Waals surface area contributed by atoms with Gasteiger partial charge in [0.25, 0.3) is 0 Å². The molecule has 2 aromatic rings. The van der Waals surface area contributed by atoms with E-state index in [0.29, 0.717) is 12.4 Å². The molecule has 0 aliphatic rings. The molecule has 1 amide bonds. The van der Waals surface area contributed by atoms with Gasteiger partial charge >= 0.3 is 6.18 Å². The van der Waals surface area contributed by atoms with Gasteiger partial charge in [-0.3, -0.25) is 4.79 Å². The van der Waals surface area contributed by atoms with E-state index in [1.165, 1.54) is 31.2 Å². The summed E-state index contributed by atoms with van der Waals surface area (Å²) in [5, 5.41) is 2.16. The quantitative estimate of drug-likeness (QED) is 0.666. The topological polar surface area (TPSA) is 84.5 Å². The molecule has 0 aliphatic heterocycles. The first-order chi connectivity index (χ1) is 13.5. The molecule has 29 heavy (non-hydrogen) atoms. The van der Waals surface area contributed by atoms with Crippen LogP contribution >= 0.6 is 11.6 Å². The lowest BCUT2D eigenvalue weighted by Crippen LogP contribution is -2.41. The molecule has 0 heterocycles. The number of hydrogen-bond acceptors (Lipinski definition) is 4. The van der Waals surface area contributed by atoms with E-state index in [2.05, 4.69) is 10.0 Å². The highest BCUT2D eigenvalue weighted by atomic mass is 35.5. The predicted octanol–water partition coefficient (Wildman–Crippen LogP) is 4.06. The Morgan fingerprint density at radius 1 is 1.21 bits per heavy atom. The van der Waals surface area contributed by atoms with E-state index in [9.17, 15) is 26.4 Å². The van der Waals surface area contributed by atoms with Gasteiger partial charge in [0.2, 0.25) is 15.9 Å². The van der Waals surface area contributed by atoms with Crippen LogP contribution in [0.3, 0.4) is 0 Å². The maximum absolute atomic E-state index is 13.0. The third-order valence-corrected chi connectivity index (χ3v) is 5.56. The van der Waals surface area contributed by atoms with Crippen LogP contribution in [0, 0.1) is 0 Å². The van der Waals surface area contributed by atoms with Crippen molar-refractivity contribution in [2.24, 2.45) is 0 Å². The number of anilines is 1. The summed E-state index contributed by atoms with van der Waals surface area (Å²) in [5.41, 5.74) is -1.51. The van der Waals surface area contributed by atoms with E-state index in [-0.39, 0.29) is 9.92 Å². The van der Waals surface area contributed by atoms with Gasteiger partial charge in [-0.2, -0.15) is 17.9 Å². The van der Waals surface area contributed by atoms with Crippen LogP contribution in [0.15, 0.2) is 47.4 Å². The molecule has 2 aromatic carbocycles. The van der Waals surface area contributed by atoms with Crippen LogP contribution in [0.5, 0.6) is 5.75 Å². The van der Waals surface area contributed by atoms with Gasteiger partial charge < -0.3 is 10.1 Å². The fraction of sp³-hybridized carbons (Fsp3) is 0.278. The van der Waals surface area contributed by atoms with Gasteiger partial charge in [-0.05, 0) is 44.2 Å². The minimum atomic E-state index is -4.67. The molecule has 0 fully saturated rings. The summed E-state index contributed by atoms with van der Waals surface area (Å²) in [7, 11) is -4.16. The molecule has 11 heteroatoms. The van der Waals surface area contributed by atoms with Crippen LogP contribution in [-0.4, -0.2) is 27.0 Å². The lowest BCUT2D eigenvalue weighted by molar-refractivity contribution is -0.137. The molecule has 158 valence electrons. The van der Waals surface area contributed by atoms with Gasteiger partial charge in [-0.25, -0.2) is 8.42 Å². The first-order valence-electron chi connectivity index (χ1n) is 8.37. The van der Waals surface area contributed by atoms with Gasteiger partial charge in [0.15, 0.2) is 0 Å². The summed E-state index contributed by atoms with van der Waals surface area (Å²) in [6, 6.07) is 6.79. The SMILES string of the molecule is CCOc1ccc(S(=O)(=O)N[C@H](C)C(=O)Nc2ccccc2C(F)(F)F)cc1Cl. The lowest BCUT2D eigenvalue weighted by atomic mass is 10.1. The van der Waals surface area contributed by atoms with E-state index in [4.69, 9.17) is 16.3 Å². The maximum Gasteiger partial charge on any atom is 0.418 e. The molecular weight excluding hydrogens is 433 g/mol. The summed E-state index contributed by atoms with van der Waals surface area (Å²) in [5.74, 6) is -0.662. The van der Waals surface area contributed by atoms with E-state index >= 15 is 0 Å². The molecule has 0 aromatic heterocycles. The van der Waals surface area contributed by atoms with Crippen LogP contribution in [0.1, 0.15) is 19.4 Å². The van der Waals surface area contributed by atoms with Crippen LogP contribution in [0.4, 0.5) is 18.9 Å². The maximum atomic E-state index is 13.0. The summed E-state index contributed by atoms with van der Waals surface area (Å²) < 4.78 is 71.4. The standard InChI is InChI=1S/C18H18ClF3N2O4S/c1-3-28-16-9-8-12(10-14(16)19)29(26,27)24-11(2)17(25)23-15-7-5-4-6-13(15)18(20,21)22/h4-11,24H,3H2,1-2H3,(H,23,25)/t11-/m1/s1. The molecule has 2 rings (SSSR count). The monoisotopic (exact) mass is 450 g/mol. The molecule has 6 nitrogen and oxygen atoms in total. The van der Waals surface area contributed by atoms with Crippen LogP contribution in [0.2, 0.25) is 5.02 Å². The predicted molar refractivity (Wildman–Crippen MR) is 102 cm³/mol. The summed E-state index contributed by atoms with van der Waals surface area (Å²) in [4.78, 5) is 12.0. The van der Waals surface area contributed by atoms with Gasteiger partial charge in [-0.1, -0.05) is 23.7 Å². The van der Waals surface area contributed by atoms with Crippen molar-refractivity contribution in [3.05, 3.63) is 53.1 Å². The molecular formula is C18H18ClF3N2O4S. The largest absolute Gasteiger partial charge is 0.492 e. The second-order valence-electron chi connectivity index (χ2n) is 5.90. The van der Waals surface area contributed by atoms with Crippen molar-refractivity contribution in [3.63, 3.8) is 0 Å². The molecule has 0 saturated carbocycles.